The second-order valence-corrected chi connectivity index (χ2v) is 5.87. The minimum Gasteiger partial charge on any atom is -0.497 e. The van der Waals surface area contributed by atoms with Gasteiger partial charge in [-0.3, -0.25) is 9.69 Å². The molecule has 0 spiro atoms. The summed E-state index contributed by atoms with van der Waals surface area (Å²) in [7, 11) is 2.99. The lowest BCUT2D eigenvalue weighted by Gasteiger charge is -2.38. The average molecular weight is 330 g/mol. The molecule has 1 heterocycles. The number of carbonyl (C=O) groups is 1. The van der Waals surface area contributed by atoms with E-state index in [1.807, 2.05) is 6.07 Å². The van der Waals surface area contributed by atoms with Crippen LogP contribution in [0.2, 0.25) is 0 Å². The number of piperidine rings is 1. The predicted octanol–water partition coefficient (Wildman–Crippen LogP) is 2.38. The molecule has 23 heavy (non-hydrogen) atoms. The first-order valence-electron chi connectivity index (χ1n) is 7.49. The summed E-state index contributed by atoms with van der Waals surface area (Å²) in [6.07, 6.45) is -3.70. The van der Waals surface area contributed by atoms with Crippen molar-refractivity contribution in [3.05, 3.63) is 29.8 Å². The highest BCUT2D eigenvalue weighted by atomic mass is 19.4. The fourth-order valence-corrected chi connectivity index (χ4v) is 2.92. The number of likely N-dealkylation sites (N-methyl/N-ethyl adjacent to an activating group) is 1. The number of alkyl halides is 3. The zero-order chi connectivity index (χ0) is 17.0. The van der Waals surface area contributed by atoms with Crippen LogP contribution in [0.4, 0.5) is 13.2 Å². The first-order valence-corrected chi connectivity index (χ1v) is 7.49. The minimum absolute atomic E-state index is 0.00407. The molecule has 0 aromatic heterocycles. The van der Waals surface area contributed by atoms with Gasteiger partial charge in [-0.2, -0.15) is 13.2 Å². The molecule has 0 saturated carbocycles. The van der Waals surface area contributed by atoms with Crippen molar-refractivity contribution in [2.24, 2.45) is 0 Å². The molecule has 2 rings (SSSR count). The van der Waals surface area contributed by atoms with Crippen molar-refractivity contribution in [1.82, 2.24) is 10.2 Å². The first kappa shape index (κ1) is 17.6. The highest BCUT2D eigenvalue weighted by Gasteiger charge is 2.44. The summed E-state index contributed by atoms with van der Waals surface area (Å²) in [5.74, 6) is 0.475. The third-order valence-corrected chi connectivity index (χ3v) is 4.07. The Morgan fingerprint density at radius 2 is 2.13 bits per heavy atom. The molecule has 1 fully saturated rings. The van der Waals surface area contributed by atoms with Crippen LogP contribution in [0.5, 0.6) is 5.75 Å². The number of amides is 1. The minimum atomic E-state index is -4.22. The molecule has 0 radical (unpaired) electrons. The van der Waals surface area contributed by atoms with Crippen molar-refractivity contribution in [2.45, 2.75) is 37.5 Å². The molecule has 1 amide bonds. The molecule has 1 aliphatic rings. The first-order chi connectivity index (χ1) is 10.8. The summed E-state index contributed by atoms with van der Waals surface area (Å²) >= 11 is 0. The number of rotatable bonds is 4. The van der Waals surface area contributed by atoms with E-state index in [1.54, 1.807) is 25.3 Å². The lowest BCUT2D eigenvalue weighted by molar-refractivity contribution is -0.188. The van der Waals surface area contributed by atoms with Gasteiger partial charge in [0.2, 0.25) is 5.91 Å². The van der Waals surface area contributed by atoms with Crippen LogP contribution in [0.3, 0.4) is 0 Å². The summed E-state index contributed by atoms with van der Waals surface area (Å²) in [6, 6.07) is 5.49. The Kier molecular flexibility index (Phi) is 5.51. The van der Waals surface area contributed by atoms with Crippen molar-refractivity contribution < 1.29 is 22.7 Å². The summed E-state index contributed by atoms with van der Waals surface area (Å²) < 4.78 is 43.5. The van der Waals surface area contributed by atoms with Gasteiger partial charge in [0.25, 0.3) is 0 Å². The largest absolute Gasteiger partial charge is 0.497 e. The van der Waals surface area contributed by atoms with Gasteiger partial charge < -0.3 is 10.1 Å². The van der Waals surface area contributed by atoms with E-state index in [9.17, 15) is 18.0 Å². The molecule has 4 nitrogen and oxygen atoms in total. The molecule has 0 aliphatic carbocycles. The van der Waals surface area contributed by atoms with E-state index >= 15 is 0 Å². The van der Waals surface area contributed by atoms with Crippen LogP contribution < -0.4 is 10.1 Å². The topological polar surface area (TPSA) is 41.6 Å². The van der Waals surface area contributed by atoms with Gasteiger partial charge in [0.05, 0.1) is 13.5 Å². The molecular weight excluding hydrogens is 309 g/mol. The van der Waals surface area contributed by atoms with Crippen molar-refractivity contribution in [1.29, 1.82) is 0 Å². The van der Waals surface area contributed by atoms with Gasteiger partial charge in [0.1, 0.15) is 11.8 Å². The number of nitrogens with one attached hydrogen (secondary N) is 1. The Hall–Kier alpha value is -1.76. The number of benzene rings is 1. The Morgan fingerprint density at radius 1 is 1.39 bits per heavy atom. The molecule has 0 unspecified atom stereocenters. The van der Waals surface area contributed by atoms with Gasteiger partial charge in [0, 0.05) is 12.6 Å². The third kappa shape index (κ3) is 4.86. The zero-order valence-corrected chi connectivity index (χ0v) is 13.2. The van der Waals surface area contributed by atoms with E-state index in [0.29, 0.717) is 12.2 Å². The summed E-state index contributed by atoms with van der Waals surface area (Å²) in [6.45, 7) is 0.202. The monoisotopic (exact) mass is 330 g/mol. The number of hydrogen-bond donors (Lipinski definition) is 1. The maximum atomic E-state index is 12.8. The van der Waals surface area contributed by atoms with E-state index in [-0.39, 0.29) is 31.3 Å². The van der Waals surface area contributed by atoms with E-state index < -0.39 is 12.2 Å². The standard InChI is InChI=1S/C16H21F3N2O2/c1-21-10-12(6-7-14(21)16(17,18)19)20-15(22)9-11-4-3-5-13(8-11)23-2/h3-5,8,12,14H,6-7,9-10H2,1-2H3,(H,20,22)/t12-,14-/m0/s1. The number of ether oxygens (including phenoxy) is 1. The van der Waals surface area contributed by atoms with E-state index in [1.165, 1.54) is 11.9 Å². The fourth-order valence-electron chi connectivity index (χ4n) is 2.92. The highest BCUT2D eigenvalue weighted by Crippen LogP contribution is 2.30. The fraction of sp³-hybridized carbons (Fsp3) is 0.562. The van der Waals surface area contributed by atoms with Crippen LogP contribution in [0.1, 0.15) is 18.4 Å². The lowest BCUT2D eigenvalue weighted by atomic mass is 9.98. The van der Waals surface area contributed by atoms with Gasteiger partial charge in [-0.05, 0) is 37.6 Å². The maximum Gasteiger partial charge on any atom is 0.404 e. The number of methoxy groups -OCH3 is 1. The van der Waals surface area contributed by atoms with Crippen LogP contribution in [-0.2, 0) is 11.2 Å². The summed E-state index contributed by atoms with van der Waals surface area (Å²) in [5, 5.41) is 2.82. The van der Waals surface area contributed by atoms with Crippen molar-refractivity contribution >= 4 is 5.91 Å². The van der Waals surface area contributed by atoms with Crippen LogP contribution in [0.25, 0.3) is 0 Å². The molecular formula is C16H21F3N2O2. The number of carbonyl (C=O) groups excluding carboxylic acids is 1. The van der Waals surface area contributed by atoms with E-state index in [4.69, 9.17) is 4.74 Å². The Balaban J connectivity index is 1.87. The van der Waals surface area contributed by atoms with Crippen molar-refractivity contribution in [2.75, 3.05) is 20.7 Å². The number of halogens is 3. The molecule has 7 heteroatoms. The second-order valence-electron chi connectivity index (χ2n) is 5.87. The van der Waals surface area contributed by atoms with E-state index in [2.05, 4.69) is 5.32 Å². The molecule has 1 aromatic carbocycles. The van der Waals surface area contributed by atoms with Gasteiger partial charge in [-0.1, -0.05) is 12.1 Å². The van der Waals surface area contributed by atoms with Crippen LogP contribution in [-0.4, -0.2) is 49.8 Å². The molecule has 1 aromatic rings. The SMILES string of the molecule is COc1cccc(CC(=O)N[C@H]2CC[C@@H](C(F)(F)F)N(C)C2)c1. The predicted molar refractivity (Wildman–Crippen MR) is 80.3 cm³/mol. The Morgan fingerprint density at radius 3 is 2.74 bits per heavy atom. The number of hydrogen-bond acceptors (Lipinski definition) is 3. The summed E-state index contributed by atoms with van der Waals surface area (Å²) in [4.78, 5) is 13.3. The average Bonchev–Trinajstić information content (AvgIpc) is 2.46. The molecule has 1 aliphatic heterocycles. The number of likely N-dealkylation sites (tertiary alicyclic amines) is 1. The molecule has 1 N–H and O–H groups in total. The van der Waals surface area contributed by atoms with Crippen LogP contribution in [0.15, 0.2) is 24.3 Å². The molecule has 1 saturated heterocycles. The second kappa shape index (κ2) is 7.21. The molecule has 2 atom stereocenters. The van der Waals surface area contributed by atoms with Gasteiger partial charge in [-0.25, -0.2) is 0 Å². The number of nitrogens with zero attached hydrogens (tertiary/aromatic N) is 1. The van der Waals surface area contributed by atoms with E-state index in [0.717, 1.165) is 5.56 Å². The van der Waals surface area contributed by atoms with Crippen molar-refractivity contribution in [3.8, 4) is 5.75 Å². The quantitative estimate of drug-likeness (QED) is 0.922. The zero-order valence-electron chi connectivity index (χ0n) is 13.2. The van der Waals surface area contributed by atoms with Crippen molar-refractivity contribution in [3.63, 3.8) is 0 Å². The van der Waals surface area contributed by atoms with Crippen LogP contribution >= 0.6 is 0 Å². The lowest BCUT2D eigenvalue weighted by Crippen LogP contribution is -2.54. The highest BCUT2D eigenvalue weighted by molar-refractivity contribution is 5.79. The summed E-state index contributed by atoms with van der Waals surface area (Å²) in [5.41, 5.74) is 0.805. The maximum absolute atomic E-state index is 12.8. The van der Waals surface area contributed by atoms with Gasteiger partial charge in [-0.15, -0.1) is 0 Å². The molecule has 128 valence electrons. The Bertz CT molecular complexity index is 548. The normalized spacial score (nSPS) is 22.7. The van der Waals surface area contributed by atoms with Gasteiger partial charge in [0.15, 0.2) is 0 Å². The molecule has 0 bridgehead atoms. The van der Waals surface area contributed by atoms with Crippen LogP contribution in [0, 0.1) is 0 Å². The Labute approximate surface area is 133 Å². The smallest absolute Gasteiger partial charge is 0.404 e. The third-order valence-electron chi connectivity index (χ3n) is 4.07. The van der Waals surface area contributed by atoms with Gasteiger partial charge >= 0.3 is 6.18 Å².